The van der Waals surface area contributed by atoms with Gasteiger partial charge in [0.15, 0.2) is 0 Å². The van der Waals surface area contributed by atoms with E-state index >= 15 is 4.39 Å². The average molecular weight is 610 g/mol. The van der Waals surface area contributed by atoms with E-state index in [2.05, 4.69) is 15.7 Å². The molecule has 2 saturated heterocycles. The van der Waals surface area contributed by atoms with E-state index in [1.807, 2.05) is 54.4 Å². The molecule has 234 valence electrons. The molecule has 2 amide bonds. The summed E-state index contributed by atoms with van der Waals surface area (Å²) in [4.78, 5) is 30.6. The van der Waals surface area contributed by atoms with Gasteiger partial charge in [-0.2, -0.15) is 5.10 Å². The topological polar surface area (TPSA) is 88.5 Å². The number of hydrogen-bond acceptors (Lipinski definition) is 5. The quantitative estimate of drug-likeness (QED) is 0.257. The zero-order chi connectivity index (χ0) is 31.1. The highest BCUT2D eigenvalue weighted by Crippen LogP contribution is 2.49. The highest BCUT2D eigenvalue weighted by atomic mass is 19.1. The molecule has 0 spiro atoms. The molecule has 3 aliphatic rings. The van der Waals surface area contributed by atoms with Crippen LogP contribution < -0.4 is 10.6 Å². The monoisotopic (exact) mass is 609 g/mol. The lowest BCUT2D eigenvalue weighted by Crippen LogP contribution is -2.54. The average Bonchev–Trinajstić information content (AvgIpc) is 3.67. The Hall–Kier alpha value is -4.24. The van der Waals surface area contributed by atoms with Crippen molar-refractivity contribution >= 4 is 34.1 Å². The van der Waals surface area contributed by atoms with Crippen molar-refractivity contribution in [2.75, 3.05) is 23.8 Å². The van der Waals surface area contributed by atoms with E-state index in [1.54, 1.807) is 29.9 Å². The number of piperidine rings is 1. The number of nitrogens with one attached hydrogen (secondary N) is 2. The summed E-state index contributed by atoms with van der Waals surface area (Å²) in [5.41, 5.74) is 4.22. The molecule has 4 atom stereocenters. The van der Waals surface area contributed by atoms with Gasteiger partial charge in [0, 0.05) is 49.1 Å². The third kappa shape index (κ3) is 5.70. The summed E-state index contributed by atoms with van der Waals surface area (Å²) in [5.74, 6) is -1.35. The number of aryl methyl sites for hydroxylation is 2. The first kappa shape index (κ1) is 29.5. The van der Waals surface area contributed by atoms with Gasteiger partial charge in [0.1, 0.15) is 5.82 Å². The van der Waals surface area contributed by atoms with Gasteiger partial charge >= 0.3 is 0 Å². The van der Waals surface area contributed by atoms with Gasteiger partial charge in [0.05, 0.1) is 29.2 Å². The standard InChI is InChI=1S/C36H40FN5O3/c1-22-5-3-7-30(37)33(22)36(44)42-32-8-4-6-24(32)20-29(35(43)40-28-13-14-31-25(19-28)21-38-41(31)2)34(42)23-9-11-26(12-10-23)39-27-15-17-45-18-16-27/h3,5,7,9-14,19,21,24,27,29,32,34,39H,4,6,8,15-18,20H2,1-2H3,(H,40,43)/t24-,29?,32-,34?/m0/s1. The Morgan fingerprint density at radius 3 is 2.53 bits per heavy atom. The number of benzene rings is 3. The van der Waals surface area contributed by atoms with Crippen LogP contribution in [-0.2, 0) is 16.6 Å². The summed E-state index contributed by atoms with van der Waals surface area (Å²) < 4.78 is 22.6. The zero-order valence-electron chi connectivity index (χ0n) is 25.8. The zero-order valence-corrected chi connectivity index (χ0v) is 25.8. The molecule has 8 nitrogen and oxygen atoms in total. The molecule has 2 N–H and O–H groups in total. The predicted molar refractivity (Wildman–Crippen MR) is 173 cm³/mol. The number of ether oxygens (including phenoxy) is 1. The second-order valence-corrected chi connectivity index (χ2v) is 12.9. The Bertz CT molecular complexity index is 1690. The molecule has 45 heavy (non-hydrogen) atoms. The molecule has 2 unspecified atom stereocenters. The van der Waals surface area contributed by atoms with E-state index in [1.165, 1.54) is 6.07 Å². The second-order valence-electron chi connectivity index (χ2n) is 12.9. The van der Waals surface area contributed by atoms with Gasteiger partial charge in [-0.3, -0.25) is 14.3 Å². The molecule has 3 aromatic carbocycles. The molecule has 3 fully saturated rings. The molecule has 7 rings (SSSR count). The Kier molecular flexibility index (Phi) is 8.04. The first-order valence-electron chi connectivity index (χ1n) is 16.1. The van der Waals surface area contributed by atoms with Crippen LogP contribution in [0.3, 0.4) is 0 Å². The Labute approximate surface area is 262 Å². The maximum atomic E-state index is 15.3. The molecular weight excluding hydrogens is 569 g/mol. The number of anilines is 2. The number of nitrogens with zero attached hydrogens (tertiary/aromatic N) is 3. The largest absolute Gasteiger partial charge is 0.382 e. The maximum absolute atomic E-state index is 15.3. The summed E-state index contributed by atoms with van der Waals surface area (Å²) in [6.07, 6.45) is 7.10. The molecule has 9 heteroatoms. The normalized spacial score (nSPS) is 23.6. The number of amides is 2. The number of aromatic nitrogens is 2. The second kappa shape index (κ2) is 12.3. The molecule has 4 aromatic rings. The van der Waals surface area contributed by atoms with E-state index in [0.29, 0.717) is 23.7 Å². The van der Waals surface area contributed by atoms with Crippen LogP contribution in [0.1, 0.15) is 66.1 Å². The molecule has 0 bridgehead atoms. The van der Waals surface area contributed by atoms with E-state index in [9.17, 15) is 9.59 Å². The lowest BCUT2D eigenvalue weighted by Gasteiger charge is -2.48. The first-order chi connectivity index (χ1) is 21.9. The minimum absolute atomic E-state index is 0.0580. The van der Waals surface area contributed by atoms with Crippen LogP contribution in [0, 0.1) is 24.6 Å². The van der Waals surface area contributed by atoms with E-state index < -0.39 is 17.8 Å². The van der Waals surface area contributed by atoms with Crippen LogP contribution in [0.25, 0.3) is 10.9 Å². The molecule has 3 heterocycles. The minimum Gasteiger partial charge on any atom is -0.382 e. The first-order valence-corrected chi connectivity index (χ1v) is 16.1. The van der Waals surface area contributed by atoms with Gasteiger partial charge in [0.2, 0.25) is 5.91 Å². The molecule has 1 aromatic heterocycles. The molecule has 2 aliphatic heterocycles. The molecule has 0 radical (unpaired) electrons. The summed E-state index contributed by atoms with van der Waals surface area (Å²) in [6, 6.07) is 18.4. The van der Waals surface area contributed by atoms with Crippen molar-refractivity contribution in [2.45, 2.75) is 63.6 Å². The molecule has 1 saturated carbocycles. The highest BCUT2D eigenvalue weighted by molar-refractivity contribution is 5.99. The number of rotatable bonds is 6. The van der Waals surface area contributed by atoms with Crippen molar-refractivity contribution in [1.82, 2.24) is 14.7 Å². The van der Waals surface area contributed by atoms with Crippen LogP contribution in [0.2, 0.25) is 0 Å². The number of carbonyl (C=O) groups excluding carboxylic acids is 2. The van der Waals surface area contributed by atoms with Crippen LogP contribution >= 0.6 is 0 Å². The lowest BCUT2D eigenvalue weighted by atomic mass is 9.76. The molecular formula is C36H40FN5O3. The third-order valence-corrected chi connectivity index (χ3v) is 10.1. The van der Waals surface area contributed by atoms with Crippen molar-refractivity contribution in [1.29, 1.82) is 0 Å². The van der Waals surface area contributed by atoms with E-state index in [0.717, 1.165) is 67.5 Å². The van der Waals surface area contributed by atoms with Crippen molar-refractivity contribution in [3.63, 3.8) is 0 Å². The number of likely N-dealkylation sites (tertiary alicyclic amines) is 1. The summed E-state index contributed by atoms with van der Waals surface area (Å²) in [7, 11) is 1.89. The van der Waals surface area contributed by atoms with Crippen LogP contribution in [0.5, 0.6) is 0 Å². The third-order valence-electron chi connectivity index (χ3n) is 10.1. The van der Waals surface area contributed by atoms with Gasteiger partial charge < -0.3 is 20.3 Å². The predicted octanol–water partition coefficient (Wildman–Crippen LogP) is 6.62. The minimum atomic E-state index is -0.546. The van der Waals surface area contributed by atoms with Crippen LogP contribution in [0.15, 0.2) is 66.9 Å². The smallest absolute Gasteiger partial charge is 0.257 e. The van der Waals surface area contributed by atoms with Gasteiger partial charge in [-0.05, 0) is 92.5 Å². The van der Waals surface area contributed by atoms with Crippen molar-refractivity contribution in [3.05, 3.63) is 89.4 Å². The van der Waals surface area contributed by atoms with Crippen molar-refractivity contribution in [2.24, 2.45) is 18.9 Å². The van der Waals surface area contributed by atoms with Crippen molar-refractivity contribution < 1.29 is 18.7 Å². The Balaban J connectivity index is 1.26. The SMILES string of the molecule is Cc1cccc(F)c1C(=O)N1C(c2ccc(NC3CCOCC3)cc2)C(C(=O)Nc2ccc3c(cnn3C)c2)C[C@@H]2CCC[C@@H]21. The summed E-state index contributed by atoms with van der Waals surface area (Å²) in [6.45, 7) is 3.27. The molecule has 1 aliphatic carbocycles. The fourth-order valence-corrected chi connectivity index (χ4v) is 7.80. The van der Waals surface area contributed by atoms with Crippen molar-refractivity contribution in [3.8, 4) is 0 Å². The highest BCUT2D eigenvalue weighted by Gasteiger charge is 2.50. The number of halogens is 1. The maximum Gasteiger partial charge on any atom is 0.257 e. The van der Waals surface area contributed by atoms with E-state index in [-0.39, 0.29) is 29.3 Å². The summed E-state index contributed by atoms with van der Waals surface area (Å²) >= 11 is 0. The lowest BCUT2D eigenvalue weighted by molar-refractivity contribution is -0.125. The van der Waals surface area contributed by atoms with Gasteiger partial charge in [0.25, 0.3) is 5.91 Å². The Morgan fingerprint density at radius 1 is 0.978 bits per heavy atom. The van der Waals surface area contributed by atoms with Crippen LogP contribution in [0.4, 0.5) is 15.8 Å². The van der Waals surface area contributed by atoms with E-state index in [4.69, 9.17) is 4.74 Å². The summed E-state index contributed by atoms with van der Waals surface area (Å²) in [5, 5.41) is 12.0. The Morgan fingerprint density at radius 2 is 1.76 bits per heavy atom. The van der Waals surface area contributed by atoms with Crippen LogP contribution in [-0.4, -0.2) is 51.8 Å². The van der Waals surface area contributed by atoms with Gasteiger partial charge in [-0.15, -0.1) is 0 Å². The number of fused-ring (bicyclic) bond motifs is 2. The van der Waals surface area contributed by atoms with Gasteiger partial charge in [-0.1, -0.05) is 30.7 Å². The fourth-order valence-electron chi connectivity index (χ4n) is 7.80. The van der Waals surface area contributed by atoms with Gasteiger partial charge in [-0.25, -0.2) is 4.39 Å². The number of carbonyl (C=O) groups is 2. The fraction of sp³-hybridized carbons (Fsp3) is 0.417. The number of hydrogen-bond donors (Lipinski definition) is 2.